The predicted octanol–water partition coefficient (Wildman–Crippen LogP) is 3.08. The van der Waals surface area contributed by atoms with Crippen molar-refractivity contribution in [2.24, 2.45) is 0 Å². The quantitative estimate of drug-likeness (QED) is 0.713. The van der Waals surface area contributed by atoms with E-state index in [2.05, 4.69) is 25.0 Å². The SMILES string of the molecule is O=C(c1ccncc1)N1[C@@H]2CC[C@H]1CC(c1nc(-c3ccncc3)no1)C2. The van der Waals surface area contributed by atoms with E-state index in [4.69, 9.17) is 4.52 Å². The molecule has 7 nitrogen and oxygen atoms in total. The second-order valence-corrected chi connectivity index (χ2v) is 7.19. The van der Waals surface area contributed by atoms with Crippen molar-refractivity contribution in [2.45, 2.75) is 43.7 Å². The van der Waals surface area contributed by atoms with Crippen LogP contribution in [0.25, 0.3) is 11.4 Å². The van der Waals surface area contributed by atoms with Crippen LogP contribution in [0.15, 0.2) is 53.6 Å². The third-order valence-electron chi connectivity index (χ3n) is 5.62. The largest absolute Gasteiger partial charge is 0.339 e. The molecule has 2 saturated heterocycles. The lowest BCUT2D eigenvalue weighted by molar-refractivity contribution is 0.0555. The van der Waals surface area contributed by atoms with E-state index in [1.54, 1.807) is 36.9 Å². The Morgan fingerprint density at radius 2 is 1.59 bits per heavy atom. The molecule has 136 valence electrons. The average molecular weight is 361 g/mol. The van der Waals surface area contributed by atoms with Crippen molar-refractivity contribution in [3.8, 4) is 11.4 Å². The maximum Gasteiger partial charge on any atom is 0.254 e. The van der Waals surface area contributed by atoms with Crippen molar-refractivity contribution in [2.75, 3.05) is 0 Å². The van der Waals surface area contributed by atoms with Crippen molar-refractivity contribution in [3.05, 3.63) is 60.5 Å². The molecule has 0 saturated carbocycles. The molecule has 3 aromatic rings. The molecule has 0 aromatic carbocycles. The van der Waals surface area contributed by atoms with Crippen molar-refractivity contribution < 1.29 is 9.32 Å². The zero-order valence-electron chi connectivity index (χ0n) is 14.7. The van der Waals surface area contributed by atoms with E-state index in [0.717, 1.165) is 31.2 Å². The third kappa shape index (κ3) is 2.89. The lowest BCUT2D eigenvalue weighted by atomic mass is 9.90. The van der Waals surface area contributed by atoms with Gasteiger partial charge in [-0.1, -0.05) is 5.16 Å². The van der Waals surface area contributed by atoms with E-state index in [-0.39, 0.29) is 23.9 Å². The minimum absolute atomic E-state index is 0.103. The highest BCUT2D eigenvalue weighted by Gasteiger charge is 2.45. The molecular weight excluding hydrogens is 342 g/mol. The molecule has 0 radical (unpaired) electrons. The molecule has 2 bridgehead atoms. The first kappa shape index (κ1) is 16.1. The smallest absolute Gasteiger partial charge is 0.254 e. The van der Waals surface area contributed by atoms with Crippen molar-refractivity contribution in [1.29, 1.82) is 0 Å². The van der Waals surface area contributed by atoms with Gasteiger partial charge in [-0.05, 0) is 49.9 Å². The van der Waals surface area contributed by atoms with Gasteiger partial charge in [0.05, 0.1) is 0 Å². The van der Waals surface area contributed by atoms with E-state index in [1.807, 2.05) is 12.1 Å². The summed E-state index contributed by atoms with van der Waals surface area (Å²) in [6.07, 6.45) is 10.6. The highest BCUT2D eigenvalue weighted by Crippen LogP contribution is 2.43. The second kappa shape index (κ2) is 6.57. The summed E-state index contributed by atoms with van der Waals surface area (Å²) in [7, 11) is 0. The molecule has 3 aromatic heterocycles. The number of hydrogen-bond donors (Lipinski definition) is 0. The molecule has 0 N–H and O–H groups in total. The van der Waals surface area contributed by atoms with Crippen LogP contribution in [0.3, 0.4) is 0 Å². The van der Waals surface area contributed by atoms with E-state index in [1.165, 1.54) is 0 Å². The summed E-state index contributed by atoms with van der Waals surface area (Å²) in [4.78, 5) is 27.6. The molecule has 5 heterocycles. The molecule has 3 atom stereocenters. The standard InChI is InChI=1S/C20H19N5O2/c26-20(14-5-9-22-10-6-14)25-16-1-2-17(25)12-15(11-16)19-23-18(24-27-19)13-3-7-21-8-4-13/h3-10,15-17H,1-2,11-12H2/t15?,16-,17+. The molecule has 1 unspecified atom stereocenters. The third-order valence-corrected chi connectivity index (χ3v) is 5.62. The average Bonchev–Trinajstić information content (AvgIpc) is 3.32. The molecule has 2 aliphatic rings. The van der Waals surface area contributed by atoms with Crippen molar-refractivity contribution >= 4 is 5.91 Å². The monoisotopic (exact) mass is 361 g/mol. The Balaban J connectivity index is 1.35. The number of piperidine rings is 1. The highest BCUT2D eigenvalue weighted by atomic mass is 16.5. The summed E-state index contributed by atoms with van der Waals surface area (Å²) in [5.74, 6) is 1.57. The summed E-state index contributed by atoms with van der Waals surface area (Å²) in [6.45, 7) is 0. The zero-order valence-corrected chi connectivity index (χ0v) is 14.7. The summed E-state index contributed by atoms with van der Waals surface area (Å²) >= 11 is 0. The van der Waals surface area contributed by atoms with E-state index >= 15 is 0 Å². The van der Waals surface area contributed by atoms with E-state index in [9.17, 15) is 4.79 Å². The Hall–Kier alpha value is -3.09. The van der Waals surface area contributed by atoms with Crippen LogP contribution in [-0.4, -0.2) is 43.0 Å². The minimum atomic E-state index is 0.103. The molecule has 0 spiro atoms. The lowest BCUT2D eigenvalue weighted by Gasteiger charge is -2.37. The Bertz CT molecular complexity index is 929. The van der Waals surface area contributed by atoms with Gasteiger partial charge in [0.2, 0.25) is 11.7 Å². The number of pyridine rings is 2. The number of aromatic nitrogens is 4. The van der Waals surface area contributed by atoms with Crippen LogP contribution in [0, 0.1) is 0 Å². The van der Waals surface area contributed by atoms with Gasteiger partial charge in [-0.25, -0.2) is 0 Å². The predicted molar refractivity (Wildman–Crippen MR) is 96.7 cm³/mol. The maximum atomic E-state index is 12.9. The number of fused-ring (bicyclic) bond motifs is 2. The van der Waals surface area contributed by atoms with Crippen molar-refractivity contribution in [3.63, 3.8) is 0 Å². The Morgan fingerprint density at radius 1 is 0.963 bits per heavy atom. The van der Waals surface area contributed by atoms with E-state index < -0.39 is 0 Å². The summed E-state index contributed by atoms with van der Waals surface area (Å²) < 4.78 is 5.57. The normalized spacial score (nSPS) is 24.1. The molecule has 5 rings (SSSR count). The highest BCUT2D eigenvalue weighted by molar-refractivity contribution is 5.94. The van der Waals surface area contributed by atoms with Gasteiger partial charge in [-0.15, -0.1) is 0 Å². The molecule has 7 heteroatoms. The molecule has 27 heavy (non-hydrogen) atoms. The number of carbonyl (C=O) groups excluding carboxylic acids is 1. The van der Waals surface area contributed by atoms with Gasteiger partial charge in [-0.3, -0.25) is 14.8 Å². The maximum absolute atomic E-state index is 12.9. The molecule has 2 aliphatic heterocycles. The van der Waals surface area contributed by atoms with Gasteiger partial charge in [-0.2, -0.15) is 4.98 Å². The zero-order chi connectivity index (χ0) is 18.2. The topological polar surface area (TPSA) is 85.0 Å². The number of rotatable bonds is 3. The van der Waals surface area contributed by atoms with E-state index in [0.29, 0.717) is 17.3 Å². The fourth-order valence-electron chi connectivity index (χ4n) is 4.37. The molecule has 2 fully saturated rings. The Morgan fingerprint density at radius 3 is 2.26 bits per heavy atom. The van der Waals surface area contributed by atoms with Crippen molar-refractivity contribution in [1.82, 2.24) is 25.0 Å². The number of amides is 1. The van der Waals surface area contributed by atoms with Crippen LogP contribution in [0.2, 0.25) is 0 Å². The van der Waals surface area contributed by atoms with Crippen LogP contribution < -0.4 is 0 Å². The molecular formula is C20H19N5O2. The summed E-state index contributed by atoms with van der Waals surface area (Å²) in [5.41, 5.74) is 1.60. The van der Waals surface area contributed by atoms with Gasteiger partial charge in [0.15, 0.2) is 0 Å². The first-order valence-corrected chi connectivity index (χ1v) is 9.26. The van der Waals surface area contributed by atoms with Crippen LogP contribution in [0.4, 0.5) is 0 Å². The summed E-state index contributed by atoms with van der Waals surface area (Å²) in [5, 5.41) is 4.13. The number of nitrogens with zero attached hydrogens (tertiary/aromatic N) is 5. The van der Waals surface area contributed by atoms with Gasteiger partial charge in [0.1, 0.15) is 0 Å². The molecule has 1 amide bonds. The molecule has 0 aliphatic carbocycles. The minimum Gasteiger partial charge on any atom is -0.339 e. The Labute approximate surface area is 156 Å². The van der Waals surface area contributed by atoms with Crippen LogP contribution in [0.1, 0.15) is 47.8 Å². The first-order valence-electron chi connectivity index (χ1n) is 9.26. The van der Waals surface area contributed by atoms with Crippen LogP contribution >= 0.6 is 0 Å². The Kier molecular flexibility index (Phi) is 3.92. The second-order valence-electron chi connectivity index (χ2n) is 7.19. The van der Waals surface area contributed by atoms with Crippen LogP contribution in [0.5, 0.6) is 0 Å². The first-order chi connectivity index (χ1) is 13.3. The van der Waals surface area contributed by atoms with Gasteiger partial charge in [0, 0.05) is 53.9 Å². The number of carbonyl (C=O) groups is 1. The van der Waals surface area contributed by atoms with Gasteiger partial charge in [0.25, 0.3) is 5.91 Å². The van der Waals surface area contributed by atoms with Crippen LogP contribution in [-0.2, 0) is 0 Å². The fourth-order valence-corrected chi connectivity index (χ4v) is 4.37. The van der Waals surface area contributed by atoms with Gasteiger partial charge >= 0.3 is 0 Å². The fraction of sp³-hybridized carbons (Fsp3) is 0.350. The number of hydrogen-bond acceptors (Lipinski definition) is 6. The lowest BCUT2D eigenvalue weighted by Crippen LogP contribution is -2.46. The van der Waals surface area contributed by atoms with Gasteiger partial charge < -0.3 is 9.42 Å². The summed E-state index contributed by atoms with van der Waals surface area (Å²) in [6, 6.07) is 7.76.